The number of nitrogens with one attached hydrogen (secondary N) is 1. The Hall–Kier alpha value is -3.00. The number of carbonyl (C=O) groups is 3. The van der Waals surface area contributed by atoms with Gasteiger partial charge < -0.3 is 20.1 Å². The Kier molecular flexibility index (Phi) is 5.43. The van der Waals surface area contributed by atoms with E-state index in [1.54, 1.807) is 24.3 Å². The molecule has 2 heterocycles. The van der Waals surface area contributed by atoms with E-state index in [-0.39, 0.29) is 18.9 Å². The number of fused-ring (bicyclic) bond motifs is 1. The normalized spacial score (nSPS) is 26.0. The Morgan fingerprint density at radius 2 is 1.71 bits per heavy atom. The van der Waals surface area contributed by atoms with Gasteiger partial charge in [-0.25, -0.2) is 4.79 Å². The minimum absolute atomic E-state index is 0.239. The first-order valence-corrected chi connectivity index (χ1v) is 10.9. The van der Waals surface area contributed by atoms with Crippen LogP contribution in [0.3, 0.4) is 0 Å². The molecule has 2 aromatic carbocycles. The Bertz CT molecular complexity index is 998. The van der Waals surface area contributed by atoms with Crippen LogP contribution in [0, 0.1) is 0 Å². The van der Waals surface area contributed by atoms with Crippen molar-refractivity contribution in [3.05, 3.63) is 66.2 Å². The van der Waals surface area contributed by atoms with Crippen LogP contribution in [0.1, 0.15) is 19.4 Å². The van der Waals surface area contributed by atoms with Crippen LogP contribution in [0.25, 0.3) is 0 Å². The van der Waals surface area contributed by atoms with Gasteiger partial charge in [-0.2, -0.15) is 0 Å². The number of carbonyl (C=O) groups excluding carboxylic acids is 2. The molecule has 1 unspecified atom stereocenters. The molecule has 0 radical (unpaired) electrons. The van der Waals surface area contributed by atoms with Crippen molar-refractivity contribution in [3.8, 4) is 5.75 Å². The molecule has 2 N–H and O–H groups in total. The highest BCUT2D eigenvalue weighted by Gasteiger charge is 2.71. The van der Waals surface area contributed by atoms with Crippen molar-refractivity contribution in [1.82, 2.24) is 10.2 Å². The van der Waals surface area contributed by atoms with Crippen molar-refractivity contribution in [2.45, 2.75) is 42.0 Å². The zero-order valence-electron chi connectivity index (χ0n) is 17.3. The molecule has 2 aliphatic rings. The molecule has 2 fully saturated rings. The molecule has 2 aromatic rings. The molecule has 8 heteroatoms. The summed E-state index contributed by atoms with van der Waals surface area (Å²) in [7, 11) is 0. The van der Waals surface area contributed by atoms with Crippen molar-refractivity contribution in [1.29, 1.82) is 0 Å². The minimum Gasteiger partial charge on any atom is -0.484 e. The SMILES string of the molecule is CC1(C)S[C@H]2N(C(=O)C2(Cc2ccccc2)NC(=O)COc2ccccc2)[C@H]1C(=O)O. The maximum absolute atomic E-state index is 13.4. The minimum atomic E-state index is -1.22. The topological polar surface area (TPSA) is 95.9 Å². The number of hydrogen-bond acceptors (Lipinski definition) is 5. The fraction of sp³-hybridized carbons (Fsp3) is 0.348. The average Bonchev–Trinajstić information content (AvgIpc) is 3.02. The highest BCUT2D eigenvalue weighted by molar-refractivity contribution is 8.01. The number of carboxylic acids is 1. The predicted molar refractivity (Wildman–Crippen MR) is 117 cm³/mol. The third kappa shape index (κ3) is 3.76. The number of amides is 2. The number of aliphatic carboxylic acids is 1. The second kappa shape index (κ2) is 7.92. The smallest absolute Gasteiger partial charge is 0.327 e. The van der Waals surface area contributed by atoms with Crippen molar-refractivity contribution in [2.24, 2.45) is 0 Å². The van der Waals surface area contributed by atoms with Crippen molar-refractivity contribution < 1.29 is 24.2 Å². The second-order valence-corrected chi connectivity index (χ2v) is 10.0. The lowest BCUT2D eigenvalue weighted by molar-refractivity contribution is -0.169. The molecule has 0 spiro atoms. The van der Waals surface area contributed by atoms with Gasteiger partial charge in [0.1, 0.15) is 17.2 Å². The Morgan fingerprint density at radius 3 is 2.32 bits per heavy atom. The number of nitrogens with zero attached hydrogens (tertiary/aromatic N) is 1. The first kappa shape index (κ1) is 21.2. The highest BCUT2D eigenvalue weighted by atomic mass is 32.2. The van der Waals surface area contributed by atoms with E-state index >= 15 is 0 Å². The van der Waals surface area contributed by atoms with Crippen molar-refractivity contribution in [2.75, 3.05) is 6.61 Å². The monoisotopic (exact) mass is 440 g/mol. The Balaban J connectivity index is 1.59. The summed E-state index contributed by atoms with van der Waals surface area (Å²) in [6, 6.07) is 17.4. The average molecular weight is 441 g/mol. The molecule has 162 valence electrons. The van der Waals surface area contributed by atoms with Gasteiger partial charge in [-0.3, -0.25) is 9.59 Å². The van der Waals surface area contributed by atoms with E-state index in [9.17, 15) is 19.5 Å². The molecule has 0 saturated carbocycles. The third-order valence-electron chi connectivity index (χ3n) is 5.68. The van der Waals surface area contributed by atoms with Gasteiger partial charge in [0, 0.05) is 11.2 Å². The molecular weight excluding hydrogens is 416 g/mol. The van der Waals surface area contributed by atoms with Gasteiger partial charge in [-0.1, -0.05) is 48.5 Å². The predicted octanol–water partition coefficient (Wildman–Crippen LogP) is 2.31. The fourth-order valence-electron chi connectivity index (χ4n) is 4.32. The molecule has 4 rings (SSSR count). The van der Waals surface area contributed by atoms with Crippen LogP contribution in [-0.2, 0) is 20.8 Å². The van der Waals surface area contributed by atoms with Gasteiger partial charge >= 0.3 is 5.97 Å². The molecule has 2 amide bonds. The number of hydrogen-bond donors (Lipinski definition) is 2. The van der Waals surface area contributed by atoms with E-state index in [1.165, 1.54) is 16.7 Å². The Labute approximate surface area is 184 Å². The summed E-state index contributed by atoms with van der Waals surface area (Å²) in [5.41, 5.74) is -0.332. The number of rotatable bonds is 7. The van der Waals surface area contributed by atoms with Gasteiger partial charge in [-0.05, 0) is 31.5 Å². The van der Waals surface area contributed by atoms with Crippen molar-refractivity contribution in [3.63, 3.8) is 0 Å². The van der Waals surface area contributed by atoms with Crippen LogP contribution in [0.4, 0.5) is 0 Å². The van der Waals surface area contributed by atoms with Crippen LogP contribution in [0.5, 0.6) is 5.75 Å². The summed E-state index contributed by atoms with van der Waals surface area (Å²) >= 11 is 1.41. The quantitative estimate of drug-likeness (QED) is 0.642. The van der Waals surface area contributed by atoms with E-state index in [1.807, 2.05) is 50.2 Å². The lowest BCUT2D eigenvalue weighted by Gasteiger charge is -2.53. The van der Waals surface area contributed by atoms with E-state index in [0.29, 0.717) is 5.75 Å². The summed E-state index contributed by atoms with van der Waals surface area (Å²) < 4.78 is 4.86. The van der Waals surface area contributed by atoms with Gasteiger partial charge in [0.25, 0.3) is 11.8 Å². The maximum atomic E-state index is 13.4. The maximum Gasteiger partial charge on any atom is 0.327 e. The number of para-hydroxylation sites is 1. The summed E-state index contributed by atoms with van der Waals surface area (Å²) in [4.78, 5) is 39.5. The first-order valence-electron chi connectivity index (χ1n) is 10.0. The van der Waals surface area contributed by atoms with E-state index in [4.69, 9.17) is 4.74 Å². The summed E-state index contributed by atoms with van der Waals surface area (Å²) in [5.74, 6) is -1.29. The largest absolute Gasteiger partial charge is 0.484 e. The van der Waals surface area contributed by atoms with Crippen LogP contribution >= 0.6 is 11.8 Å². The van der Waals surface area contributed by atoms with E-state index < -0.39 is 33.6 Å². The standard InChI is InChI=1S/C23H24N2O5S/c1-22(2)18(19(27)28)25-20(29)23(21(25)31-22,13-15-9-5-3-6-10-15)24-17(26)14-30-16-11-7-4-8-12-16/h3-12,18,21H,13-14H2,1-2H3,(H,24,26)(H,27,28)/t18-,21+,23?/m0/s1. The van der Waals surface area contributed by atoms with Gasteiger partial charge in [-0.15, -0.1) is 11.8 Å². The number of ether oxygens (including phenoxy) is 1. The molecule has 2 aliphatic heterocycles. The molecule has 0 bridgehead atoms. The molecular formula is C23H24N2O5S. The molecule has 31 heavy (non-hydrogen) atoms. The number of thioether (sulfide) groups is 1. The van der Waals surface area contributed by atoms with Crippen molar-refractivity contribution >= 4 is 29.5 Å². The fourth-order valence-corrected chi connectivity index (χ4v) is 6.01. The van der Waals surface area contributed by atoms with E-state index in [0.717, 1.165) is 5.56 Å². The molecule has 7 nitrogen and oxygen atoms in total. The van der Waals surface area contributed by atoms with Gasteiger partial charge in [0.15, 0.2) is 12.1 Å². The highest BCUT2D eigenvalue weighted by Crippen LogP contribution is 2.55. The lowest BCUT2D eigenvalue weighted by atomic mass is 9.79. The summed E-state index contributed by atoms with van der Waals surface area (Å²) in [5, 5.41) is 12.1. The number of carboxylic acid groups (broad SMARTS) is 1. The summed E-state index contributed by atoms with van der Waals surface area (Å²) in [6.07, 6.45) is 0.278. The Morgan fingerprint density at radius 1 is 1.10 bits per heavy atom. The van der Waals surface area contributed by atoms with Crippen LogP contribution in [0.2, 0.25) is 0 Å². The number of benzene rings is 2. The zero-order chi connectivity index (χ0) is 22.2. The van der Waals surface area contributed by atoms with Gasteiger partial charge in [0.05, 0.1) is 0 Å². The molecule has 3 atom stereocenters. The number of β-lactam (4-membered cyclic amide) rings is 1. The zero-order valence-corrected chi connectivity index (χ0v) is 18.1. The molecule has 0 aliphatic carbocycles. The second-order valence-electron chi connectivity index (χ2n) is 8.31. The molecule has 0 aromatic heterocycles. The lowest BCUT2D eigenvalue weighted by Crippen LogP contribution is -2.80. The van der Waals surface area contributed by atoms with E-state index in [2.05, 4.69) is 5.32 Å². The third-order valence-corrected chi connectivity index (χ3v) is 7.36. The molecule has 2 saturated heterocycles. The van der Waals surface area contributed by atoms with Crippen LogP contribution < -0.4 is 10.1 Å². The van der Waals surface area contributed by atoms with Gasteiger partial charge in [0.2, 0.25) is 0 Å². The van der Waals surface area contributed by atoms with Crippen LogP contribution in [0.15, 0.2) is 60.7 Å². The van der Waals surface area contributed by atoms with Crippen LogP contribution in [-0.4, -0.2) is 56.1 Å². The first-order chi connectivity index (χ1) is 14.7. The summed E-state index contributed by atoms with van der Waals surface area (Å²) in [6.45, 7) is 3.39.